The Labute approximate surface area is 177 Å². The number of imidazole rings is 1. The highest BCUT2D eigenvalue weighted by Crippen LogP contribution is 2.65. The maximum atomic E-state index is 10.1. The second-order valence-corrected chi connectivity index (χ2v) is 9.99. The molecule has 4 nitrogen and oxygen atoms in total. The van der Waals surface area contributed by atoms with Gasteiger partial charge >= 0.3 is 0 Å². The van der Waals surface area contributed by atoms with E-state index < -0.39 is 0 Å². The molecule has 0 saturated heterocycles. The van der Waals surface area contributed by atoms with Crippen LogP contribution in [0.3, 0.4) is 0 Å². The van der Waals surface area contributed by atoms with E-state index in [1.54, 1.807) is 6.21 Å². The number of hydrogen-bond acceptors (Lipinski definition) is 3. The molecule has 2 fully saturated rings. The predicted molar refractivity (Wildman–Crippen MR) is 120 cm³/mol. The van der Waals surface area contributed by atoms with Crippen LogP contribution in [0, 0.1) is 34.0 Å². The number of aliphatic hydroxyl groups is 1. The van der Waals surface area contributed by atoms with Crippen LogP contribution >= 0.6 is 0 Å². The molecular weight excluding hydrogens is 370 g/mol. The quantitative estimate of drug-likeness (QED) is 0.597. The second-order valence-electron chi connectivity index (χ2n) is 9.99. The summed E-state index contributed by atoms with van der Waals surface area (Å²) in [5.41, 5.74) is 4.84. The average molecular weight is 400 g/mol. The molecule has 4 aliphatic carbocycles. The largest absolute Gasteiger partial charge is 0.508 e. The van der Waals surface area contributed by atoms with Gasteiger partial charge in [0.1, 0.15) is 12.1 Å². The predicted octanol–water partition coefficient (Wildman–Crippen LogP) is 6.13. The van der Waals surface area contributed by atoms with Gasteiger partial charge in [-0.05, 0) is 86.0 Å². The molecule has 0 radical (unpaired) electrons. The molecule has 0 spiro atoms. The summed E-state index contributed by atoms with van der Waals surface area (Å²) in [7, 11) is 0. The summed E-state index contributed by atoms with van der Waals surface area (Å²) in [4.78, 5) is 4.63. The van der Waals surface area contributed by atoms with E-state index in [1.807, 2.05) is 24.5 Å². The minimum absolute atomic E-state index is 0.161. The molecule has 5 atom stereocenters. The van der Waals surface area contributed by atoms with Gasteiger partial charge in [0.2, 0.25) is 0 Å². The van der Waals surface area contributed by atoms with E-state index in [9.17, 15) is 5.11 Å². The second kappa shape index (κ2) is 6.19. The van der Waals surface area contributed by atoms with E-state index in [4.69, 9.17) is 5.41 Å². The van der Waals surface area contributed by atoms with Gasteiger partial charge in [0, 0.05) is 17.3 Å². The third-order valence-corrected chi connectivity index (χ3v) is 8.93. The lowest BCUT2D eigenvalue weighted by atomic mass is 9.47. The summed E-state index contributed by atoms with van der Waals surface area (Å²) in [6.45, 7) is 2.42. The molecule has 0 unspecified atom stereocenters. The zero-order valence-corrected chi connectivity index (χ0v) is 17.5. The molecule has 0 bridgehead atoms. The molecular formula is C26H29N3O. The van der Waals surface area contributed by atoms with Crippen molar-refractivity contribution in [1.82, 2.24) is 9.55 Å². The minimum Gasteiger partial charge on any atom is -0.508 e. The SMILES string of the molecule is C[C@]12CC=C(O)C=C1CC[C@@H]1[C@@H]2CC[C@]2(C=N)C(n3cnc4ccccc43)=CC[C@@H]12. The molecule has 0 amide bonds. The molecule has 1 aromatic heterocycles. The summed E-state index contributed by atoms with van der Waals surface area (Å²) >= 11 is 0. The van der Waals surface area contributed by atoms with Gasteiger partial charge in [-0.1, -0.05) is 30.7 Å². The lowest BCUT2D eigenvalue weighted by molar-refractivity contribution is 0.000540. The molecule has 1 heterocycles. The van der Waals surface area contributed by atoms with Crippen molar-refractivity contribution in [3.63, 3.8) is 0 Å². The summed E-state index contributed by atoms with van der Waals surface area (Å²) in [6, 6.07) is 8.31. The molecule has 4 heteroatoms. The zero-order valence-electron chi connectivity index (χ0n) is 17.5. The van der Waals surface area contributed by atoms with E-state index >= 15 is 0 Å². The summed E-state index contributed by atoms with van der Waals surface area (Å²) in [5, 5.41) is 18.6. The Hall–Kier alpha value is -2.62. The summed E-state index contributed by atoms with van der Waals surface area (Å²) in [5.74, 6) is 2.19. The van der Waals surface area contributed by atoms with Crippen molar-refractivity contribution in [3.8, 4) is 0 Å². The fraction of sp³-hybridized carbons (Fsp3) is 0.462. The molecule has 2 saturated carbocycles. The average Bonchev–Trinajstić information content (AvgIpc) is 3.35. The van der Waals surface area contributed by atoms with Gasteiger partial charge in [0.15, 0.2) is 0 Å². The molecule has 0 aliphatic heterocycles. The number of nitrogens with one attached hydrogen (secondary N) is 1. The highest BCUT2D eigenvalue weighted by atomic mass is 16.3. The standard InChI is InChI=1S/C26H29N3O/c1-25-12-10-18(30)14-17(25)6-7-19-20(25)11-13-26(15-27)21(19)8-9-24(26)29-16-28-22-4-2-3-5-23(22)29/h2-5,9-10,14-16,19-21,27,30H,6-8,11-13H2,1H3/t19-,20+,21+,25+,26-/m1/s1. The molecule has 6 rings (SSSR count). The minimum atomic E-state index is -0.186. The molecule has 154 valence electrons. The lowest BCUT2D eigenvalue weighted by Gasteiger charge is -2.57. The van der Waals surface area contributed by atoms with Crippen LogP contribution in [0.15, 0.2) is 60.2 Å². The first-order valence-corrected chi connectivity index (χ1v) is 11.3. The fourth-order valence-electron chi connectivity index (χ4n) is 7.43. The van der Waals surface area contributed by atoms with Gasteiger partial charge in [0.05, 0.1) is 11.0 Å². The van der Waals surface area contributed by atoms with E-state index in [1.165, 1.54) is 17.7 Å². The van der Waals surface area contributed by atoms with E-state index in [0.717, 1.165) is 43.1 Å². The molecule has 4 aliphatic rings. The Kier molecular flexibility index (Phi) is 3.75. The van der Waals surface area contributed by atoms with Crippen LogP contribution in [0.5, 0.6) is 0 Å². The van der Waals surface area contributed by atoms with Crippen molar-refractivity contribution >= 4 is 22.9 Å². The number of hydrogen-bond donors (Lipinski definition) is 2. The van der Waals surface area contributed by atoms with Crippen molar-refractivity contribution in [1.29, 1.82) is 5.41 Å². The lowest BCUT2D eigenvalue weighted by Crippen LogP contribution is -2.50. The van der Waals surface area contributed by atoms with Gasteiger partial charge < -0.3 is 15.1 Å². The van der Waals surface area contributed by atoms with Crippen molar-refractivity contribution < 1.29 is 5.11 Å². The van der Waals surface area contributed by atoms with Crippen LogP contribution in [-0.4, -0.2) is 20.9 Å². The monoisotopic (exact) mass is 399 g/mol. The smallest absolute Gasteiger partial charge is 0.111 e. The van der Waals surface area contributed by atoms with Gasteiger partial charge in [0.25, 0.3) is 0 Å². The van der Waals surface area contributed by atoms with Gasteiger partial charge in [-0.15, -0.1) is 0 Å². The first-order valence-electron chi connectivity index (χ1n) is 11.3. The highest BCUT2D eigenvalue weighted by molar-refractivity contribution is 5.87. The Morgan fingerprint density at radius 3 is 2.93 bits per heavy atom. The zero-order chi connectivity index (χ0) is 20.5. The number of rotatable bonds is 2. The number of aliphatic hydroxyl groups excluding tert-OH is 1. The fourth-order valence-corrected chi connectivity index (χ4v) is 7.43. The van der Waals surface area contributed by atoms with E-state index in [-0.39, 0.29) is 10.8 Å². The third kappa shape index (κ3) is 2.22. The molecule has 30 heavy (non-hydrogen) atoms. The normalized spacial score (nSPS) is 37.5. The van der Waals surface area contributed by atoms with Crippen LogP contribution in [0.4, 0.5) is 0 Å². The molecule has 2 N–H and O–H groups in total. The van der Waals surface area contributed by atoms with Gasteiger partial charge in [-0.25, -0.2) is 4.98 Å². The Morgan fingerprint density at radius 1 is 1.20 bits per heavy atom. The van der Waals surface area contributed by atoms with Crippen LogP contribution in [0.1, 0.15) is 45.4 Å². The van der Waals surface area contributed by atoms with E-state index in [2.05, 4.69) is 40.7 Å². The number of allylic oxidation sites excluding steroid dienone is 5. The maximum Gasteiger partial charge on any atom is 0.111 e. The maximum absolute atomic E-state index is 10.1. The molecule has 1 aromatic carbocycles. The van der Waals surface area contributed by atoms with E-state index in [0.29, 0.717) is 23.5 Å². The summed E-state index contributed by atoms with van der Waals surface area (Å²) in [6.07, 6.45) is 16.6. The van der Waals surface area contributed by atoms with Crippen LogP contribution in [0.2, 0.25) is 0 Å². The first kappa shape index (κ1) is 18.2. The van der Waals surface area contributed by atoms with Crippen molar-refractivity contribution in [2.75, 3.05) is 0 Å². The topological polar surface area (TPSA) is 61.9 Å². The number of fused-ring (bicyclic) bond motifs is 6. The van der Waals surface area contributed by atoms with Crippen molar-refractivity contribution in [2.45, 2.75) is 45.4 Å². The molecule has 2 aromatic rings. The van der Waals surface area contributed by atoms with Crippen molar-refractivity contribution in [2.24, 2.45) is 28.6 Å². The number of benzene rings is 1. The Bertz CT molecular complexity index is 1140. The van der Waals surface area contributed by atoms with Crippen LogP contribution in [0.25, 0.3) is 16.7 Å². The first-order chi connectivity index (χ1) is 14.6. The van der Waals surface area contributed by atoms with Crippen LogP contribution in [-0.2, 0) is 0 Å². The number of nitrogens with zero attached hydrogens (tertiary/aromatic N) is 2. The number of para-hydroxylation sites is 2. The Balaban J connectivity index is 1.39. The van der Waals surface area contributed by atoms with Crippen LogP contribution < -0.4 is 0 Å². The van der Waals surface area contributed by atoms with Gasteiger partial charge in [-0.3, -0.25) is 0 Å². The van der Waals surface area contributed by atoms with Gasteiger partial charge in [-0.2, -0.15) is 0 Å². The highest BCUT2D eigenvalue weighted by Gasteiger charge is 2.58. The summed E-state index contributed by atoms with van der Waals surface area (Å²) < 4.78 is 2.25. The number of aromatic nitrogens is 2. The van der Waals surface area contributed by atoms with Crippen molar-refractivity contribution in [3.05, 3.63) is 60.2 Å². The Morgan fingerprint density at radius 2 is 2.07 bits per heavy atom. The third-order valence-electron chi connectivity index (χ3n) is 8.93.